The smallest absolute Gasteiger partial charge is 0.197 e. The van der Waals surface area contributed by atoms with Crippen LogP contribution in [0.1, 0.15) is 27.0 Å². The molecule has 0 radical (unpaired) electrons. The van der Waals surface area contributed by atoms with Gasteiger partial charge in [0, 0.05) is 24.0 Å². The fraction of sp³-hybridized carbons (Fsp3) is 0.200. The molecule has 1 aliphatic rings. The van der Waals surface area contributed by atoms with Gasteiger partial charge in [-0.2, -0.15) is 0 Å². The molecule has 3 rings (SSSR count). The molecule has 0 amide bonds. The molecule has 0 spiro atoms. The quantitative estimate of drug-likeness (QED) is 0.805. The summed E-state index contributed by atoms with van der Waals surface area (Å²) >= 11 is 0. The number of hydrogen-bond donors (Lipinski definition) is 2. The first-order valence-corrected chi connectivity index (χ1v) is 6.29. The van der Waals surface area contributed by atoms with Crippen LogP contribution in [0.5, 0.6) is 0 Å². The average molecular weight is 253 g/mol. The molecule has 0 saturated heterocycles. The summed E-state index contributed by atoms with van der Waals surface area (Å²) in [6.45, 7) is 2.80. The van der Waals surface area contributed by atoms with E-state index in [1.807, 2.05) is 25.1 Å². The van der Waals surface area contributed by atoms with Gasteiger partial charge in [0.25, 0.3) is 0 Å². The molecular weight excluding hydrogens is 238 g/mol. The second-order valence-electron chi connectivity index (χ2n) is 4.77. The van der Waals surface area contributed by atoms with Crippen molar-refractivity contribution >= 4 is 17.3 Å². The van der Waals surface area contributed by atoms with Gasteiger partial charge in [0.2, 0.25) is 0 Å². The molecule has 4 nitrogen and oxygen atoms in total. The fourth-order valence-electron chi connectivity index (χ4n) is 2.45. The molecule has 2 heterocycles. The van der Waals surface area contributed by atoms with Crippen molar-refractivity contribution in [1.29, 1.82) is 0 Å². The van der Waals surface area contributed by atoms with Crippen molar-refractivity contribution in [3.8, 4) is 0 Å². The van der Waals surface area contributed by atoms with E-state index in [1.54, 1.807) is 12.3 Å². The first-order valence-electron chi connectivity index (χ1n) is 6.29. The van der Waals surface area contributed by atoms with E-state index in [-0.39, 0.29) is 5.78 Å². The van der Waals surface area contributed by atoms with Gasteiger partial charge in [-0.15, -0.1) is 0 Å². The highest BCUT2D eigenvalue weighted by Crippen LogP contribution is 2.26. The third kappa shape index (κ3) is 1.95. The molecule has 2 aromatic rings. The van der Waals surface area contributed by atoms with Crippen LogP contribution >= 0.6 is 0 Å². The van der Waals surface area contributed by atoms with Gasteiger partial charge in [0.15, 0.2) is 5.78 Å². The molecule has 3 N–H and O–H groups in total. The van der Waals surface area contributed by atoms with E-state index in [0.29, 0.717) is 16.9 Å². The highest BCUT2D eigenvalue weighted by atomic mass is 16.1. The zero-order valence-electron chi connectivity index (χ0n) is 10.7. The van der Waals surface area contributed by atoms with E-state index in [4.69, 9.17) is 5.73 Å². The molecule has 1 aromatic heterocycles. The van der Waals surface area contributed by atoms with Crippen LogP contribution < -0.4 is 11.1 Å². The number of nitrogens with two attached hydrogens (primary N) is 1. The number of aryl methyl sites for hydroxylation is 1. The number of nitrogen functional groups attached to an aromatic ring is 1. The first-order chi connectivity index (χ1) is 9.16. The minimum atomic E-state index is -0.0698. The number of carbonyl (C=O) groups excluding carboxylic acids is 1. The summed E-state index contributed by atoms with van der Waals surface area (Å²) < 4.78 is 0. The number of nitrogens with zero attached hydrogens (tertiary/aromatic N) is 1. The Morgan fingerprint density at radius 1 is 1.37 bits per heavy atom. The molecule has 4 heteroatoms. The number of pyridine rings is 1. The van der Waals surface area contributed by atoms with Gasteiger partial charge in [-0.3, -0.25) is 4.79 Å². The summed E-state index contributed by atoms with van der Waals surface area (Å²) in [5, 5.41) is 3.28. The van der Waals surface area contributed by atoms with Crippen LogP contribution in [0.3, 0.4) is 0 Å². The largest absolute Gasteiger partial charge is 0.384 e. The standard InChI is InChI=1S/C15H15N3O/c1-9-4-6-18-15(16)13(9)14(19)11-3-2-10-5-7-17-12(10)8-11/h2-4,6,8,17H,5,7H2,1H3,(H2,16,18). The molecule has 96 valence electrons. The number of aromatic nitrogens is 1. The van der Waals surface area contributed by atoms with E-state index in [0.717, 1.165) is 24.2 Å². The molecule has 0 atom stereocenters. The van der Waals surface area contributed by atoms with Crippen LogP contribution in [0.25, 0.3) is 0 Å². The molecular formula is C15H15N3O. The zero-order chi connectivity index (χ0) is 13.4. The summed E-state index contributed by atoms with van der Waals surface area (Å²) in [7, 11) is 0. The zero-order valence-corrected chi connectivity index (χ0v) is 10.7. The Bertz CT molecular complexity index is 644. The Morgan fingerprint density at radius 2 is 2.21 bits per heavy atom. The summed E-state index contributed by atoms with van der Waals surface area (Å²) in [6.07, 6.45) is 2.63. The van der Waals surface area contributed by atoms with Crippen LogP contribution in [0, 0.1) is 6.92 Å². The molecule has 0 saturated carbocycles. The van der Waals surface area contributed by atoms with Gasteiger partial charge >= 0.3 is 0 Å². The van der Waals surface area contributed by atoms with Crippen LogP contribution in [0.2, 0.25) is 0 Å². The Labute approximate surface area is 111 Å². The Morgan fingerprint density at radius 3 is 3.00 bits per heavy atom. The summed E-state index contributed by atoms with van der Waals surface area (Å²) in [6, 6.07) is 7.57. The second kappa shape index (κ2) is 4.39. The van der Waals surface area contributed by atoms with Crippen LogP contribution in [-0.4, -0.2) is 17.3 Å². The molecule has 0 bridgehead atoms. The van der Waals surface area contributed by atoms with E-state index < -0.39 is 0 Å². The highest BCUT2D eigenvalue weighted by molar-refractivity contribution is 6.13. The van der Waals surface area contributed by atoms with Crippen LogP contribution in [0.15, 0.2) is 30.5 Å². The lowest BCUT2D eigenvalue weighted by Gasteiger charge is -2.08. The number of anilines is 2. The van der Waals surface area contributed by atoms with Gasteiger partial charge in [0.05, 0.1) is 5.56 Å². The number of benzene rings is 1. The minimum Gasteiger partial charge on any atom is -0.384 e. The first kappa shape index (κ1) is 11.7. The van der Waals surface area contributed by atoms with Crippen molar-refractivity contribution in [3.05, 3.63) is 52.7 Å². The van der Waals surface area contributed by atoms with Crippen LogP contribution in [0.4, 0.5) is 11.5 Å². The van der Waals surface area contributed by atoms with E-state index in [2.05, 4.69) is 10.3 Å². The van der Waals surface area contributed by atoms with Gasteiger partial charge in [0.1, 0.15) is 5.82 Å². The number of rotatable bonds is 2. The number of ketones is 1. The molecule has 0 unspecified atom stereocenters. The normalized spacial score (nSPS) is 12.9. The van der Waals surface area contributed by atoms with Crippen molar-refractivity contribution in [1.82, 2.24) is 4.98 Å². The van der Waals surface area contributed by atoms with E-state index in [9.17, 15) is 4.79 Å². The number of nitrogens with one attached hydrogen (secondary N) is 1. The predicted molar refractivity (Wildman–Crippen MR) is 75.5 cm³/mol. The number of fused-ring (bicyclic) bond motifs is 1. The molecule has 19 heavy (non-hydrogen) atoms. The molecule has 1 aliphatic heterocycles. The van der Waals surface area contributed by atoms with E-state index >= 15 is 0 Å². The fourth-order valence-corrected chi connectivity index (χ4v) is 2.45. The van der Waals surface area contributed by atoms with Crippen LogP contribution in [-0.2, 0) is 6.42 Å². The average Bonchev–Trinajstić information content (AvgIpc) is 2.85. The minimum absolute atomic E-state index is 0.0698. The van der Waals surface area contributed by atoms with Gasteiger partial charge in [-0.05, 0) is 36.6 Å². The maximum atomic E-state index is 12.5. The Hall–Kier alpha value is -2.36. The lowest BCUT2D eigenvalue weighted by atomic mass is 9.98. The van der Waals surface area contributed by atoms with Gasteiger partial charge in [-0.1, -0.05) is 12.1 Å². The number of hydrogen-bond acceptors (Lipinski definition) is 4. The predicted octanol–water partition coefficient (Wildman–Crippen LogP) is 2.17. The maximum Gasteiger partial charge on any atom is 0.197 e. The van der Waals surface area contributed by atoms with Gasteiger partial charge < -0.3 is 11.1 Å². The lowest BCUT2D eigenvalue weighted by molar-refractivity contribution is 0.103. The third-order valence-corrected chi connectivity index (χ3v) is 3.50. The van der Waals surface area contributed by atoms with Crippen molar-refractivity contribution in [2.75, 3.05) is 17.6 Å². The Balaban J connectivity index is 2.05. The SMILES string of the molecule is Cc1ccnc(N)c1C(=O)c1ccc2c(c1)NCC2. The van der Waals surface area contributed by atoms with Crippen molar-refractivity contribution < 1.29 is 4.79 Å². The second-order valence-corrected chi connectivity index (χ2v) is 4.77. The Kier molecular flexibility index (Phi) is 2.71. The molecule has 0 fully saturated rings. The summed E-state index contributed by atoms with van der Waals surface area (Å²) in [4.78, 5) is 16.5. The van der Waals surface area contributed by atoms with Crippen molar-refractivity contribution in [2.45, 2.75) is 13.3 Å². The summed E-state index contributed by atoms with van der Waals surface area (Å²) in [5.41, 5.74) is 10.1. The molecule has 1 aromatic carbocycles. The van der Waals surface area contributed by atoms with Gasteiger partial charge in [-0.25, -0.2) is 4.98 Å². The molecule has 0 aliphatic carbocycles. The highest BCUT2D eigenvalue weighted by Gasteiger charge is 2.18. The lowest BCUT2D eigenvalue weighted by Crippen LogP contribution is -2.09. The van der Waals surface area contributed by atoms with Crippen molar-refractivity contribution in [3.63, 3.8) is 0 Å². The number of carbonyl (C=O) groups is 1. The maximum absolute atomic E-state index is 12.5. The van der Waals surface area contributed by atoms with Crippen molar-refractivity contribution in [2.24, 2.45) is 0 Å². The van der Waals surface area contributed by atoms with E-state index in [1.165, 1.54) is 5.56 Å². The monoisotopic (exact) mass is 253 g/mol. The third-order valence-electron chi connectivity index (χ3n) is 3.50. The summed E-state index contributed by atoms with van der Waals surface area (Å²) in [5.74, 6) is 0.220. The topological polar surface area (TPSA) is 68.0 Å².